The van der Waals surface area contributed by atoms with Gasteiger partial charge in [-0.05, 0) is 43.9 Å². The summed E-state index contributed by atoms with van der Waals surface area (Å²) in [6, 6.07) is 9.35. The van der Waals surface area contributed by atoms with Crippen LogP contribution in [0, 0.1) is 6.92 Å². The Morgan fingerprint density at radius 3 is 2.87 bits per heavy atom. The quantitative estimate of drug-likeness (QED) is 0.437. The second-order valence-corrected chi connectivity index (χ2v) is 9.46. The van der Waals surface area contributed by atoms with E-state index in [1.807, 2.05) is 37.3 Å². The maximum Gasteiger partial charge on any atom is 0.263 e. The van der Waals surface area contributed by atoms with Crippen LogP contribution in [0.5, 0.6) is 0 Å². The van der Waals surface area contributed by atoms with Crippen LogP contribution in [0.2, 0.25) is 0 Å². The van der Waals surface area contributed by atoms with Crippen molar-refractivity contribution in [3.63, 3.8) is 0 Å². The Hall–Kier alpha value is -2.16. The molecule has 3 heterocycles. The number of thioether (sulfide) groups is 1. The first kappa shape index (κ1) is 21.1. The van der Waals surface area contributed by atoms with Crippen LogP contribution in [0.25, 0.3) is 10.2 Å². The van der Waals surface area contributed by atoms with Crippen LogP contribution < -0.4 is 10.9 Å². The molecule has 8 heteroatoms. The van der Waals surface area contributed by atoms with Crippen LogP contribution in [0.3, 0.4) is 0 Å². The Kier molecular flexibility index (Phi) is 6.55. The maximum atomic E-state index is 13.4. The highest BCUT2D eigenvalue weighted by atomic mass is 32.2. The lowest BCUT2D eigenvalue weighted by Crippen LogP contribution is -2.29. The highest BCUT2D eigenvalue weighted by molar-refractivity contribution is 7.99. The first-order chi connectivity index (χ1) is 14.6. The number of anilines is 1. The molecule has 1 N–H and O–H groups in total. The molecule has 1 saturated heterocycles. The van der Waals surface area contributed by atoms with E-state index in [1.165, 1.54) is 11.8 Å². The molecule has 6 nitrogen and oxygen atoms in total. The molecule has 0 radical (unpaired) electrons. The Balaban J connectivity index is 1.63. The lowest BCUT2D eigenvalue weighted by Gasteiger charge is -2.16. The Bertz CT molecular complexity index is 1100. The number of carbonyl (C=O) groups excluding carboxylic acids is 1. The highest BCUT2D eigenvalue weighted by Crippen LogP contribution is 2.30. The molecule has 1 aliphatic rings. The molecule has 1 aliphatic heterocycles. The molecule has 0 saturated carbocycles. The first-order valence-electron chi connectivity index (χ1n) is 10.2. The zero-order valence-corrected chi connectivity index (χ0v) is 18.8. The molecule has 0 spiro atoms. The number of hydrogen-bond acceptors (Lipinski definition) is 6. The van der Waals surface area contributed by atoms with E-state index in [1.54, 1.807) is 15.9 Å². The monoisotopic (exact) mass is 443 g/mol. The van der Waals surface area contributed by atoms with Crippen molar-refractivity contribution in [2.45, 2.75) is 50.9 Å². The summed E-state index contributed by atoms with van der Waals surface area (Å²) >= 11 is 2.85. The highest BCUT2D eigenvalue weighted by Gasteiger charge is 2.23. The lowest BCUT2D eigenvalue weighted by atomic mass is 10.1. The van der Waals surface area contributed by atoms with Gasteiger partial charge in [-0.25, -0.2) is 4.98 Å². The average Bonchev–Trinajstić information content (AvgIpc) is 3.36. The first-order valence-corrected chi connectivity index (χ1v) is 12.0. The molecular weight excluding hydrogens is 418 g/mol. The number of benzene rings is 1. The zero-order valence-electron chi connectivity index (χ0n) is 17.1. The summed E-state index contributed by atoms with van der Waals surface area (Å²) in [6.45, 7) is 5.31. The van der Waals surface area contributed by atoms with Gasteiger partial charge < -0.3 is 10.1 Å². The third kappa shape index (κ3) is 4.45. The van der Waals surface area contributed by atoms with Crippen LogP contribution in [0.1, 0.15) is 30.2 Å². The van der Waals surface area contributed by atoms with Crippen LogP contribution in [0.15, 0.2) is 40.3 Å². The van der Waals surface area contributed by atoms with Gasteiger partial charge in [0.15, 0.2) is 5.16 Å². The fourth-order valence-electron chi connectivity index (χ4n) is 3.77. The fraction of sp³-hybridized carbons (Fsp3) is 0.409. The topological polar surface area (TPSA) is 73.2 Å². The van der Waals surface area contributed by atoms with Crippen LogP contribution in [0.4, 0.5) is 5.69 Å². The number of ether oxygens (including phenoxy) is 1. The number of aryl methyl sites for hydroxylation is 2. The molecule has 4 rings (SSSR count). The van der Waals surface area contributed by atoms with E-state index in [9.17, 15) is 9.59 Å². The van der Waals surface area contributed by atoms with Gasteiger partial charge in [0.1, 0.15) is 4.83 Å². The molecule has 1 fully saturated rings. The lowest BCUT2D eigenvalue weighted by molar-refractivity contribution is -0.113. The number of carbonyl (C=O) groups is 1. The van der Waals surface area contributed by atoms with Crippen molar-refractivity contribution in [2.75, 3.05) is 17.7 Å². The number of hydrogen-bond donors (Lipinski definition) is 1. The standard InChI is InChI=1S/C22H25N3O3S2/c1-3-17-14(2)30-20-19(17)21(27)25(12-16-10-7-11-28-16)22(24-20)29-13-18(26)23-15-8-5-4-6-9-15/h4-6,8-9,16H,3,7,10-13H2,1-2H3,(H,23,26)/t16-/m0/s1. The van der Waals surface area contributed by atoms with E-state index in [-0.39, 0.29) is 23.3 Å². The van der Waals surface area contributed by atoms with E-state index in [4.69, 9.17) is 9.72 Å². The Morgan fingerprint density at radius 2 is 2.17 bits per heavy atom. The second-order valence-electron chi connectivity index (χ2n) is 7.32. The molecule has 158 valence electrons. The van der Waals surface area contributed by atoms with Gasteiger partial charge in [0.05, 0.1) is 23.8 Å². The van der Waals surface area contributed by atoms with Crippen molar-refractivity contribution < 1.29 is 9.53 Å². The van der Waals surface area contributed by atoms with E-state index in [2.05, 4.69) is 12.2 Å². The number of fused-ring (bicyclic) bond motifs is 1. The molecule has 0 unspecified atom stereocenters. The van der Waals surface area contributed by atoms with Gasteiger partial charge in [-0.2, -0.15) is 0 Å². The average molecular weight is 444 g/mol. The SMILES string of the molecule is CCc1c(C)sc2nc(SCC(=O)Nc3ccccc3)n(C[C@@H]3CCCO3)c(=O)c12. The summed E-state index contributed by atoms with van der Waals surface area (Å²) in [5.41, 5.74) is 1.80. The summed E-state index contributed by atoms with van der Waals surface area (Å²) in [5, 5.41) is 4.18. The van der Waals surface area contributed by atoms with Crippen molar-refractivity contribution in [1.29, 1.82) is 0 Å². The smallest absolute Gasteiger partial charge is 0.263 e. The minimum atomic E-state index is -0.124. The predicted molar refractivity (Wildman–Crippen MR) is 123 cm³/mol. The summed E-state index contributed by atoms with van der Waals surface area (Å²) in [7, 11) is 0. The van der Waals surface area contributed by atoms with Crippen molar-refractivity contribution in [3.05, 3.63) is 51.1 Å². The summed E-state index contributed by atoms with van der Waals surface area (Å²) in [6.07, 6.45) is 2.76. The van der Waals surface area contributed by atoms with Crippen molar-refractivity contribution in [3.8, 4) is 0 Å². The number of aromatic nitrogens is 2. The molecular formula is C22H25N3O3S2. The van der Waals surface area contributed by atoms with Crippen molar-refractivity contribution in [1.82, 2.24) is 9.55 Å². The van der Waals surface area contributed by atoms with Crippen molar-refractivity contribution in [2.24, 2.45) is 0 Å². The minimum absolute atomic E-state index is 0.0178. The minimum Gasteiger partial charge on any atom is -0.376 e. The van der Waals surface area contributed by atoms with Gasteiger partial charge in [0.2, 0.25) is 5.91 Å². The maximum absolute atomic E-state index is 13.4. The molecule has 0 aliphatic carbocycles. The Labute approximate surface area is 183 Å². The number of thiophene rings is 1. The summed E-state index contributed by atoms with van der Waals surface area (Å²) in [5.74, 6) is 0.0596. The molecule has 1 aromatic carbocycles. The number of para-hydroxylation sites is 1. The number of amides is 1. The summed E-state index contributed by atoms with van der Waals surface area (Å²) in [4.78, 5) is 32.5. The number of rotatable bonds is 7. The summed E-state index contributed by atoms with van der Waals surface area (Å²) < 4.78 is 7.48. The molecule has 2 aromatic heterocycles. The van der Waals surface area contributed by atoms with Crippen LogP contribution in [-0.4, -0.2) is 33.9 Å². The number of nitrogens with zero attached hydrogens (tertiary/aromatic N) is 2. The van der Waals surface area contributed by atoms with Gasteiger partial charge >= 0.3 is 0 Å². The normalized spacial score (nSPS) is 16.3. The largest absolute Gasteiger partial charge is 0.376 e. The van der Waals surface area contributed by atoms with E-state index < -0.39 is 0 Å². The van der Waals surface area contributed by atoms with Crippen LogP contribution >= 0.6 is 23.1 Å². The molecule has 0 bridgehead atoms. The van der Waals surface area contributed by atoms with Gasteiger partial charge in [0, 0.05) is 17.2 Å². The van der Waals surface area contributed by atoms with Crippen LogP contribution in [-0.2, 0) is 22.5 Å². The number of nitrogens with one attached hydrogen (secondary N) is 1. The van der Waals surface area contributed by atoms with E-state index >= 15 is 0 Å². The van der Waals surface area contributed by atoms with Gasteiger partial charge in [-0.1, -0.05) is 36.9 Å². The van der Waals surface area contributed by atoms with E-state index in [0.717, 1.165) is 52.2 Å². The third-order valence-corrected chi connectivity index (χ3v) is 7.25. The van der Waals surface area contributed by atoms with E-state index in [0.29, 0.717) is 11.7 Å². The second kappa shape index (κ2) is 9.32. The molecule has 3 aromatic rings. The fourth-order valence-corrected chi connectivity index (χ4v) is 5.73. The predicted octanol–water partition coefficient (Wildman–Crippen LogP) is 4.24. The van der Waals surface area contributed by atoms with Gasteiger partial charge in [-0.3, -0.25) is 14.2 Å². The third-order valence-electron chi connectivity index (χ3n) is 5.23. The zero-order chi connectivity index (χ0) is 21.1. The van der Waals surface area contributed by atoms with Gasteiger partial charge in [0.25, 0.3) is 5.56 Å². The van der Waals surface area contributed by atoms with Gasteiger partial charge in [-0.15, -0.1) is 11.3 Å². The Morgan fingerprint density at radius 1 is 1.37 bits per heavy atom. The molecule has 1 amide bonds. The van der Waals surface area contributed by atoms with Crippen molar-refractivity contribution >= 4 is 44.9 Å². The molecule has 1 atom stereocenters. The molecule has 30 heavy (non-hydrogen) atoms.